The van der Waals surface area contributed by atoms with E-state index >= 15 is 0 Å². The molecule has 72 heavy (non-hydrogen) atoms. The molecule has 0 aliphatic heterocycles. The van der Waals surface area contributed by atoms with Crippen LogP contribution in [0.5, 0.6) is 0 Å². The van der Waals surface area contributed by atoms with Crippen molar-refractivity contribution in [3.63, 3.8) is 0 Å². The fraction of sp³-hybridized carbons (Fsp3) is 0. The van der Waals surface area contributed by atoms with Crippen LogP contribution >= 0.6 is 0 Å². The molecule has 0 radical (unpaired) electrons. The Morgan fingerprint density at radius 3 is 1.11 bits per heavy atom. The molecule has 0 saturated heterocycles. The summed E-state index contributed by atoms with van der Waals surface area (Å²) in [5.41, 5.74) is 23.2. The minimum absolute atomic E-state index is 0.705. The van der Waals surface area contributed by atoms with Gasteiger partial charge in [0.25, 0.3) is 0 Å². The van der Waals surface area contributed by atoms with Crippen molar-refractivity contribution in [2.75, 3.05) is 0 Å². The van der Waals surface area contributed by atoms with Crippen LogP contribution in [0.25, 0.3) is 123 Å². The molecule has 3 heterocycles. The summed E-state index contributed by atoms with van der Waals surface area (Å²) in [5.74, 6) is 0.705. The molecule has 12 rings (SSSR count). The number of hydrogen-bond donors (Lipinski definition) is 0. The molecule has 0 aliphatic carbocycles. The average molecular weight is 919 g/mol. The quantitative estimate of drug-likeness (QED) is 0.130. The maximum Gasteiger partial charge on any atom is 0.159 e. The molecule has 0 amide bonds. The Labute approximate surface area is 420 Å². The Hall–Kier alpha value is -9.64. The van der Waals surface area contributed by atoms with Crippen LogP contribution in [-0.4, -0.2) is 19.9 Å². The zero-order valence-corrected chi connectivity index (χ0v) is 39.3. The Balaban J connectivity index is 1.04. The first-order valence-electron chi connectivity index (χ1n) is 24.2. The van der Waals surface area contributed by atoms with Crippen LogP contribution in [0.2, 0.25) is 0 Å². The molecular weight excluding hydrogens is 873 g/mol. The highest BCUT2D eigenvalue weighted by Gasteiger charge is 2.19. The van der Waals surface area contributed by atoms with Gasteiger partial charge in [0.1, 0.15) is 0 Å². The summed E-state index contributed by atoms with van der Waals surface area (Å²) in [4.78, 5) is 18.4. The smallest absolute Gasteiger partial charge is 0.159 e. The van der Waals surface area contributed by atoms with Crippen molar-refractivity contribution >= 4 is 0 Å². The summed E-state index contributed by atoms with van der Waals surface area (Å²) in [6, 6.07) is 91.1. The van der Waals surface area contributed by atoms with Crippen LogP contribution in [0.1, 0.15) is 0 Å². The summed E-state index contributed by atoms with van der Waals surface area (Å²) >= 11 is 0. The van der Waals surface area contributed by atoms with E-state index in [1.54, 1.807) is 12.4 Å². The van der Waals surface area contributed by atoms with Crippen molar-refractivity contribution in [3.05, 3.63) is 280 Å². The first-order chi connectivity index (χ1) is 35.7. The Morgan fingerprint density at radius 1 is 0.167 bits per heavy atom. The normalized spacial score (nSPS) is 11.1. The third kappa shape index (κ3) is 8.93. The number of nitrogens with zero attached hydrogens (tertiary/aromatic N) is 4. The minimum Gasteiger partial charge on any atom is -0.256 e. The van der Waals surface area contributed by atoms with Gasteiger partial charge in [0.2, 0.25) is 0 Å². The number of aromatic nitrogens is 4. The van der Waals surface area contributed by atoms with E-state index in [1.807, 2.05) is 42.7 Å². The molecule has 0 bridgehead atoms. The summed E-state index contributed by atoms with van der Waals surface area (Å²) in [7, 11) is 0. The molecule has 3 aromatic heterocycles. The second-order valence-corrected chi connectivity index (χ2v) is 17.8. The van der Waals surface area contributed by atoms with E-state index in [1.165, 1.54) is 11.1 Å². The van der Waals surface area contributed by atoms with Crippen molar-refractivity contribution in [2.45, 2.75) is 0 Å². The zero-order valence-electron chi connectivity index (χ0n) is 39.3. The lowest BCUT2D eigenvalue weighted by molar-refractivity contribution is 1.18. The molecule has 0 aliphatic rings. The molecular formula is C68H46N4. The van der Waals surface area contributed by atoms with E-state index < -0.39 is 0 Å². The summed E-state index contributed by atoms with van der Waals surface area (Å²) < 4.78 is 0. The lowest BCUT2D eigenvalue weighted by atomic mass is 9.84. The summed E-state index contributed by atoms with van der Waals surface area (Å²) in [6.45, 7) is 0. The lowest BCUT2D eigenvalue weighted by Crippen LogP contribution is -1.94. The number of pyridine rings is 2. The van der Waals surface area contributed by atoms with E-state index in [9.17, 15) is 0 Å². The topological polar surface area (TPSA) is 51.6 Å². The monoisotopic (exact) mass is 918 g/mol. The fourth-order valence-corrected chi connectivity index (χ4v) is 9.85. The van der Waals surface area contributed by atoms with Crippen LogP contribution in [0.3, 0.4) is 0 Å². The predicted octanol–water partition coefficient (Wildman–Crippen LogP) is 17.6. The molecule has 0 saturated carbocycles. The van der Waals surface area contributed by atoms with Crippen molar-refractivity contribution in [2.24, 2.45) is 0 Å². The predicted molar refractivity (Wildman–Crippen MR) is 297 cm³/mol. The van der Waals surface area contributed by atoms with E-state index in [0.717, 1.165) is 106 Å². The van der Waals surface area contributed by atoms with E-state index in [2.05, 4.69) is 239 Å². The fourth-order valence-electron chi connectivity index (χ4n) is 9.85. The van der Waals surface area contributed by atoms with Crippen molar-refractivity contribution in [3.8, 4) is 123 Å². The third-order valence-corrected chi connectivity index (χ3v) is 13.4. The van der Waals surface area contributed by atoms with Crippen LogP contribution in [-0.2, 0) is 0 Å². The van der Waals surface area contributed by atoms with E-state index in [0.29, 0.717) is 5.82 Å². The Morgan fingerprint density at radius 2 is 0.556 bits per heavy atom. The second-order valence-electron chi connectivity index (χ2n) is 17.8. The first kappa shape index (κ1) is 43.6. The van der Waals surface area contributed by atoms with Crippen molar-refractivity contribution in [1.29, 1.82) is 0 Å². The van der Waals surface area contributed by atoms with Crippen molar-refractivity contribution in [1.82, 2.24) is 19.9 Å². The highest BCUT2D eigenvalue weighted by atomic mass is 14.8. The minimum atomic E-state index is 0.705. The van der Waals surface area contributed by atoms with E-state index in [4.69, 9.17) is 4.98 Å². The van der Waals surface area contributed by atoms with Gasteiger partial charge in [-0.05, 0) is 150 Å². The van der Waals surface area contributed by atoms with Gasteiger partial charge in [-0.25, -0.2) is 9.97 Å². The number of hydrogen-bond acceptors (Lipinski definition) is 4. The molecule has 12 aromatic rings. The molecule has 4 nitrogen and oxygen atoms in total. The first-order valence-corrected chi connectivity index (χ1v) is 24.2. The van der Waals surface area contributed by atoms with Gasteiger partial charge in [0, 0.05) is 41.5 Å². The largest absolute Gasteiger partial charge is 0.256 e. The maximum absolute atomic E-state index is 4.78. The summed E-state index contributed by atoms with van der Waals surface area (Å²) in [5, 5.41) is 0. The third-order valence-electron chi connectivity index (χ3n) is 13.4. The number of benzene rings is 9. The molecule has 0 atom stereocenters. The maximum atomic E-state index is 4.78. The molecule has 4 heteroatoms. The van der Waals surface area contributed by atoms with Crippen molar-refractivity contribution < 1.29 is 0 Å². The molecule has 0 N–H and O–H groups in total. The van der Waals surface area contributed by atoms with Gasteiger partial charge in [-0.1, -0.05) is 194 Å². The Kier molecular flexibility index (Phi) is 12.0. The molecule has 338 valence electrons. The number of rotatable bonds is 11. The lowest BCUT2D eigenvalue weighted by Gasteiger charge is -2.19. The SMILES string of the molecule is c1ccc(-c2cccc(-c3cc(-c4ccccn4)ccc3-c3ccccc3-c3cc(-c4ccccc4-c4ccc(-c5ccccn5)cc4)cc(-c4ccccc4-c4ccc(-c5ncccn5)cc4)c3)c2)cc1. The van der Waals surface area contributed by atoms with Gasteiger partial charge in [-0.15, -0.1) is 0 Å². The van der Waals surface area contributed by atoms with Gasteiger partial charge in [-0.3, -0.25) is 9.97 Å². The van der Waals surface area contributed by atoms with Gasteiger partial charge < -0.3 is 0 Å². The van der Waals surface area contributed by atoms with E-state index in [-0.39, 0.29) is 0 Å². The van der Waals surface area contributed by atoms with Gasteiger partial charge in [-0.2, -0.15) is 0 Å². The van der Waals surface area contributed by atoms with Crippen LogP contribution in [0, 0.1) is 0 Å². The Bertz CT molecular complexity index is 3670. The molecule has 0 spiro atoms. The molecule has 0 fully saturated rings. The zero-order chi connectivity index (χ0) is 48.1. The van der Waals surface area contributed by atoms with Gasteiger partial charge >= 0.3 is 0 Å². The van der Waals surface area contributed by atoms with Crippen LogP contribution < -0.4 is 0 Å². The van der Waals surface area contributed by atoms with Crippen LogP contribution in [0.15, 0.2) is 280 Å². The highest BCUT2D eigenvalue weighted by molar-refractivity contribution is 5.97. The standard InChI is InChI=1S/C68H46N4/c1-2-16-47(17-3-1)52-18-14-19-53(42-52)65-46-54(67-27-11-13-39-70-67)36-37-64(65)63-25-9-8-24-62(63)57-44-55(60-22-6-4-20-58(60)48-28-32-50(33-29-48)66-26-10-12-38-69-66)43-56(45-57)61-23-7-5-21-59(61)49-30-34-51(35-31-49)68-71-40-15-41-72-68/h1-46H. The van der Waals surface area contributed by atoms with Crippen LogP contribution in [0.4, 0.5) is 0 Å². The molecule has 0 unspecified atom stereocenters. The second kappa shape index (κ2) is 19.8. The summed E-state index contributed by atoms with van der Waals surface area (Å²) in [6.07, 6.45) is 7.27. The van der Waals surface area contributed by atoms with Gasteiger partial charge in [0.15, 0.2) is 5.82 Å². The average Bonchev–Trinajstić information content (AvgIpc) is 3.48. The molecule has 9 aromatic carbocycles. The highest BCUT2D eigenvalue weighted by Crippen LogP contribution is 2.45. The van der Waals surface area contributed by atoms with Gasteiger partial charge in [0.05, 0.1) is 11.4 Å².